The van der Waals surface area contributed by atoms with Crippen LogP contribution in [0.1, 0.15) is 13.3 Å². The monoisotopic (exact) mass is 193 g/mol. The Morgan fingerprint density at radius 2 is 1.46 bits per heavy atom. The smallest absolute Gasteiger partial charge is 0.109 e. The molecule has 13 heavy (non-hydrogen) atoms. The first-order chi connectivity index (χ1) is 6.04. The molecule has 0 unspecified atom stereocenters. The fourth-order valence-corrected chi connectivity index (χ4v) is 1.03. The van der Waals surface area contributed by atoms with Crippen molar-refractivity contribution in [3.8, 4) is 0 Å². The Bertz CT molecular complexity index is 133. The second kappa shape index (κ2) is 6.28. The number of hydrogen-bond donors (Lipinski definition) is 5. The lowest BCUT2D eigenvalue weighted by Crippen LogP contribution is -2.47. The highest BCUT2D eigenvalue weighted by Crippen LogP contribution is 2.06. The molecule has 4 atom stereocenters. The molecule has 0 fully saturated rings. The van der Waals surface area contributed by atoms with Crippen molar-refractivity contribution in [1.82, 2.24) is 5.32 Å². The van der Waals surface area contributed by atoms with E-state index in [1.165, 1.54) is 0 Å². The van der Waals surface area contributed by atoms with Crippen LogP contribution in [-0.4, -0.2) is 58.4 Å². The van der Waals surface area contributed by atoms with Gasteiger partial charge < -0.3 is 25.7 Å². The van der Waals surface area contributed by atoms with Gasteiger partial charge in [-0.2, -0.15) is 0 Å². The lowest BCUT2D eigenvalue weighted by Gasteiger charge is -2.25. The maximum atomic E-state index is 9.32. The SMILES string of the molecule is CC[C@@H](O)[C@@H](O)[C@H](O)[C@@H](O)CNC. The molecule has 80 valence electrons. The molecule has 0 saturated heterocycles. The number of nitrogens with one attached hydrogen (secondary N) is 1. The highest BCUT2D eigenvalue weighted by atomic mass is 16.4. The van der Waals surface area contributed by atoms with Gasteiger partial charge in [0.25, 0.3) is 0 Å². The Balaban J connectivity index is 3.99. The third-order valence-electron chi connectivity index (χ3n) is 1.97. The topological polar surface area (TPSA) is 93.0 Å². The first-order valence-corrected chi connectivity index (χ1v) is 4.41. The zero-order valence-corrected chi connectivity index (χ0v) is 8.01. The predicted octanol–water partition coefficient (Wildman–Crippen LogP) is -1.94. The number of aliphatic hydroxyl groups is 4. The highest BCUT2D eigenvalue weighted by Gasteiger charge is 2.28. The Kier molecular flexibility index (Phi) is 6.19. The summed E-state index contributed by atoms with van der Waals surface area (Å²) in [5.41, 5.74) is 0. The summed E-state index contributed by atoms with van der Waals surface area (Å²) in [7, 11) is 1.62. The van der Waals surface area contributed by atoms with Crippen LogP contribution in [0, 0.1) is 0 Å². The van der Waals surface area contributed by atoms with E-state index in [1.54, 1.807) is 14.0 Å². The second-order valence-corrected chi connectivity index (χ2v) is 3.08. The van der Waals surface area contributed by atoms with E-state index in [0.29, 0.717) is 6.42 Å². The number of rotatable bonds is 6. The number of likely N-dealkylation sites (N-methyl/N-ethyl adjacent to an activating group) is 1. The summed E-state index contributed by atoms with van der Waals surface area (Å²) in [4.78, 5) is 0. The van der Waals surface area contributed by atoms with E-state index < -0.39 is 24.4 Å². The van der Waals surface area contributed by atoms with Gasteiger partial charge in [-0.05, 0) is 13.5 Å². The number of hydrogen-bond acceptors (Lipinski definition) is 5. The summed E-state index contributed by atoms with van der Waals surface area (Å²) < 4.78 is 0. The van der Waals surface area contributed by atoms with Crippen molar-refractivity contribution in [3.63, 3.8) is 0 Å². The minimum atomic E-state index is -1.32. The molecule has 0 aromatic rings. The molecule has 0 aliphatic carbocycles. The van der Waals surface area contributed by atoms with E-state index in [4.69, 9.17) is 0 Å². The normalized spacial score (nSPS) is 20.8. The van der Waals surface area contributed by atoms with Gasteiger partial charge in [-0.3, -0.25) is 0 Å². The fraction of sp³-hybridized carbons (Fsp3) is 1.00. The second-order valence-electron chi connectivity index (χ2n) is 3.08. The quantitative estimate of drug-likeness (QED) is 0.338. The van der Waals surface area contributed by atoms with Crippen LogP contribution < -0.4 is 5.32 Å². The molecule has 0 amide bonds. The summed E-state index contributed by atoms with van der Waals surface area (Å²) >= 11 is 0. The van der Waals surface area contributed by atoms with Crippen LogP contribution in [0.15, 0.2) is 0 Å². The molecule has 5 heteroatoms. The Hall–Kier alpha value is -0.200. The first kappa shape index (κ1) is 12.8. The zero-order chi connectivity index (χ0) is 10.4. The molecular weight excluding hydrogens is 174 g/mol. The predicted molar refractivity (Wildman–Crippen MR) is 48.2 cm³/mol. The molecule has 0 saturated carbocycles. The largest absolute Gasteiger partial charge is 0.390 e. The molecule has 0 aliphatic heterocycles. The van der Waals surface area contributed by atoms with Crippen LogP contribution in [0.2, 0.25) is 0 Å². The van der Waals surface area contributed by atoms with Crippen LogP contribution in [0.3, 0.4) is 0 Å². The highest BCUT2D eigenvalue weighted by molar-refractivity contribution is 4.80. The molecule has 0 bridgehead atoms. The summed E-state index contributed by atoms with van der Waals surface area (Å²) in [6.45, 7) is 1.86. The van der Waals surface area contributed by atoms with Gasteiger partial charge >= 0.3 is 0 Å². The summed E-state index contributed by atoms with van der Waals surface area (Å²) in [5, 5.41) is 39.7. The van der Waals surface area contributed by atoms with Crippen LogP contribution in [0.4, 0.5) is 0 Å². The van der Waals surface area contributed by atoms with Crippen molar-refractivity contribution >= 4 is 0 Å². The standard InChI is InChI=1S/C8H19NO4/c1-3-5(10)7(12)8(13)6(11)4-9-2/h5-13H,3-4H2,1-2H3/t5-,6+,7-,8-/m1/s1. The third-order valence-corrected chi connectivity index (χ3v) is 1.97. The zero-order valence-electron chi connectivity index (χ0n) is 8.01. The van der Waals surface area contributed by atoms with Crippen molar-refractivity contribution in [2.45, 2.75) is 37.8 Å². The maximum Gasteiger partial charge on any atom is 0.109 e. The van der Waals surface area contributed by atoms with Crippen LogP contribution in [-0.2, 0) is 0 Å². The van der Waals surface area contributed by atoms with Crippen molar-refractivity contribution in [2.24, 2.45) is 0 Å². The van der Waals surface area contributed by atoms with E-state index in [0.717, 1.165) is 0 Å². The molecule has 0 aliphatic rings. The van der Waals surface area contributed by atoms with Crippen LogP contribution >= 0.6 is 0 Å². The lowest BCUT2D eigenvalue weighted by atomic mass is 10.0. The Morgan fingerprint density at radius 1 is 1.00 bits per heavy atom. The average Bonchev–Trinajstić information content (AvgIpc) is 2.14. The number of aliphatic hydroxyl groups excluding tert-OH is 4. The molecule has 0 heterocycles. The van der Waals surface area contributed by atoms with Gasteiger partial charge in [0.2, 0.25) is 0 Å². The van der Waals surface area contributed by atoms with E-state index in [1.807, 2.05) is 0 Å². The molecule has 0 spiro atoms. The van der Waals surface area contributed by atoms with Crippen LogP contribution in [0.25, 0.3) is 0 Å². The summed E-state index contributed by atoms with van der Waals surface area (Å²) in [5.74, 6) is 0. The Morgan fingerprint density at radius 3 is 1.85 bits per heavy atom. The van der Waals surface area contributed by atoms with Crippen LogP contribution in [0.5, 0.6) is 0 Å². The van der Waals surface area contributed by atoms with Gasteiger partial charge in [0.15, 0.2) is 0 Å². The minimum absolute atomic E-state index is 0.175. The van der Waals surface area contributed by atoms with E-state index in [-0.39, 0.29) is 6.54 Å². The van der Waals surface area contributed by atoms with Gasteiger partial charge in [-0.1, -0.05) is 6.92 Å². The van der Waals surface area contributed by atoms with Gasteiger partial charge in [-0.25, -0.2) is 0 Å². The summed E-state index contributed by atoms with van der Waals surface area (Å²) in [6.07, 6.45) is -4.34. The average molecular weight is 193 g/mol. The molecule has 0 rings (SSSR count). The van der Waals surface area contributed by atoms with E-state index in [9.17, 15) is 20.4 Å². The van der Waals surface area contributed by atoms with Gasteiger partial charge in [0, 0.05) is 6.54 Å². The van der Waals surface area contributed by atoms with Crippen molar-refractivity contribution in [1.29, 1.82) is 0 Å². The lowest BCUT2D eigenvalue weighted by molar-refractivity contribution is -0.104. The first-order valence-electron chi connectivity index (χ1n) is 4.41. The third kappa shape index (κ3) is 4.02. The molecule has 5 N–H and O–H groups in total. The Labute approximate surface area is 78.0 Å². The van der Waals surface area contributed by atoms with Gasteiger partial charge in [0.1, 0.15) is 12.2 Å². The fourth-order valence-electron chi connectivity index (χ4n) is 1.03. The molecular formula is C8H19NO4. The summed E-state index contributed by atoms with van der Waals surface area (Å²) in [6, 6.07) is 0. The van der Waals surface area contributed by atoms with E-state index in [2.05, 4.69) is 5.32 Å². The molecule has 0 aromatic carbocycles. The minimum Gasteiger partial charge on any atom is -0.390 e. The maximum absolute atomic E-state index is 9.32. The molecule has 5 nitrogen and oxygen atoms in total. The van der Waals surface area contributed by atoms with E-state index >= 15 is 0 Å². The van der Waals surface area contributed by atoms with Crippen molar-refractivity contribution in [3.05, 3.63) is 0 Å². The van der Waals surface area contributed by atoms with Crippen molar-refractivity contribution in [2.75, 3.05) is 13.6 Å². The molecule has 0 aromatic heterocycles. The van der Waals surface area contributed by atoms with Gasteiger partial charge in [-0.15, -0.1) is 0 Å². The van der Waals surface area contributed by atoms with Gasteiger partial charge in [0.05, 0.1) is 12.2 Å². The molecule has 0 radical (unpaired) electrons. The van der Waals surface area contributed by atoms with Crippen molar-refractivity contribution < 1.29 is 20.4 Å².